The van der Waals surface area contributed by atoms with Crippen molar-refractivity contribution < 1.29 is 34.1 Å². The molecule has 0 aromatic carbocycles. The molecule has 2 atom stereocenters. The van der Waals surface area contributed by atoms with Gasteiger partial charge in [0.2, 0.25) is 0 Å². The molecule has 0 amide bonds. The van der Waals surface area contributed by atoms with Crippen LogP contribution >= 0.6 is 0 Å². The number of hydrogen-bond acceptors (Lipinski definition) is 8. The molecule has 0 rings (SSSR count). The Morgan fingerprint density at radius 2 is 1.95 bits per heavy atom. The third kappa shape index (κ3) is 8.60. The van der Waals surface area contributed by atoms with E-state index in [1.54, 1.807) is 0 Å². The number of carboxylic acids is 1. The maximum absolute atomic E-state index is 11.1. The minimum atomic E-state index is -1.33. The summed E-state index contributed by atoms with van der Waals surface area (Å²) in [6, 6.07) is -1.33. The first-order valence-electron chi connectivity index (χ1n) is 5.43. The molecule has 19 heavy (non-hydrogen) atoms. The lowest BCUT2D eigenvalue weighted by atomic mass is 10.2. The summed E-state index contributed by atoms with van der Waals surface area (Å²) in [5.74, 6) is -1.29. The van der Waals surface area contributed by atoms with Crippen LogP contribution in [0.4, 0.5) is 4.79 Å². The lowest BCUT2D eigenvalue weighted by molar-refractivity contribution is -0.757. The fourth-order valence-electron chi connectivity index (χ4n) is 0.959. The number of hydrogen-bond donors (Lipinski definition) is 2. The molecule has 0 saturated carbocycles. The number of carbonyl (C=O) groups is 2. The van der Waals surface area contributed by atoms with E-state index in [9.17, 15) is 19.7 Å². The minimum Gasteiger partial charge on any atom is -0.480 e. The van der Waals surface area contributed by atoms with E-state index in [4.69, 9.17) is 10.8 Å². The van der Waals surface area contributed by atoms with Gasteiger partial charge < -0.3 is 25.2 Å². The van der Waals surface area contributed by atoms with Crippen LogP contribution in [0.25, 0.3) is 0 Å². The van der Waals surface area contributed by atoms with Gasteiger partial charge in [0.1, 0.15) is 12.1 Å². The lowest BCUT2D eigenvalue weighted by Crippen LogP contribution is -2.42. The predicted octanol–water partition coefficient (Wildman–Crippen LogP) is -0.0715. The Hall–Kier alpha value is -2.10. The van der Waals surface area contributed by atoms with Crippen LogP contribution in [-0.2, 0) is 19.1 Å². The van der Waals surface area contributed by atoms with Crippen LogP contribution in [0.3, 0.4) is 0 Å². The Morgan fingerprint density at radius 1 is 1.37 bits per heavy atom. The standard InChI is InChI=1S/C9H16N2O8/c1-6(7(10)8(12)13)19-9(14)17-4-2-3-5-18-11(15)16/h6-7H,2-5,10H2,1H3,(H,12,13). The summed E-state index contributed by atoms with van der Waals surface area (Å²) in [5, 5.41) is 17.4. The summed E-state index contributed by atoms with van der Waals surface area (Å²) in [5.41, 5.74) is 5.22. The van der Waals surface area contributed by atoms with Gasteiger partial charge in [0, 0.05) is 0 Å². The van der Waals surface area contributed by atoms with Crippen LogP contribution < -0.4 is 5.73 Å². The van der Waals surface area contributed by atoms with Gasteiger partial charge in [0.15, 0.2) is 0 Å². The van der Waals surface area contributed by atoms with Crippen molar-refractivity contribution in [2.75, 3.05) is 13.2 Å². The predicted molar refractivity (Wildman–Crippen MR) is 59.7 cm³/mol. The van der Waals surface area contributed by atoms with Gasteiger partial charge in [-0.1, -0.05) is 0 Å². The SMILES string of the molecule is CC(OC(=O)OCCCCO[N+](=O)[O-])C(N)C(=O)O. The van der Waals surface area contributed by atoms with Gasteiger partial charge in [-0.05, 0) is 19.8 Å². The van der Waals surface area contributed by atoms with Crippen LogP contribution in [0.5, 0.6) is 0 Å². The number of carboxylic acid groups (broad SMARTS) is 1. The molecule has 0 bridgehead atoms. The molecule has 3 N–H and O–H groups in total. The zero-order chi connectivity index (χ0) is 14.8. The van der Waals surface area contributed by atoms with E-state index in [-0.39, 0.29) is 13.2 Å². The van der Waals surface area contributed by atoms with Crippen LogP contribution in [-0.4, -0.2) is 47.7 Å². The van der Waals surface area contributed by atoms with Crippen molar-refractivity contribution in [1.82, 2.24) is 0 Å². The second-order valence-corrected chi connectivity index (χ2v) is 3.55. The van der Waals surface area contributed by atoms with Crippen LogP contribution in [0.2, 0.25) is 0 Å². The van der Waals surface area contributed by atoms with E-state index >= 15 is 0 Å². The topological polar surface area (TPSA) is 151 Å². The van der Waals surface area contributed by atoms with E-state index < -0.39 is 29.4 Å². The monoisotopic (exact) mass is 280 g/mol. The van der Waals surface area contributed by atoms with Gasteiger partial charge >= 0.3 is 12.1 Å². The molecule has 0 aliphatic carbocycles. The quantitative estimate of drug-likeness (QED) is 0.256. The highest BCUT2D eigenvalue weighted by atomic mass is 16.9. The molecule has 0 aromatic heterocycles. The van der Waals surface area contributed by atoms with Gasteiger partial charge in [-0.15, -0.1) is 10.1 Å². The second kappa shape index (κ2) is 8.91. The Balaban J connectivity index is 3.64. The van der Waals surface area contributed by atoms with Gasteiger partial charge in [-0.2, -0.15) is 0 Å². The number of carbonyl (C=O) groups excluding carboxylic acids is 1. The fourth-order valence-corrected chi connectivity index (χ4v) is 0.959. The van der Waals surface area contributed by atoms with Crippen molar-refractivity contribution in [3.8, 4) is 0 Å². The molecule has 0 aromatic rings. The zero-order valence-electron chi connectivity index (χ0n) is 10.3. The molecule has 0 heterocycles. The Bertz CT molecular complexity index is 321. The van der Waals surface area contributed by atoms with Gasteiger partial charge in [-0.25, -0.2) is 4.79 Å². The largest absolute Gasteiger partial charge is 0.508 e. The molecule has 2 unspecified atom stereocenters. The normalized spacial score (nSPS) is 13.2. The Morgan fingerprint density at radius 3 is 2.47 bits per heavy atom. The van der Waals surface area contributed by atoms with Crippen molar-refractivity contribution >= 4 is 12.1 Å². The van der Waals surface area contributed by atoms with Gasteiger partial charge in [0.25, 0.3) is 5.09 Å². The van der Waals surface area contributed by atoms with Crippen LogP contribution in [0.1, 0.15) is 19.8 Å². The van der Waals surface area contributed by atoms with Gasteiger partial charge in [0.05, 0.1) is 13.2 Å². The molecule has 0 radical (unpaired) electrons. The maximum Gasteiger partial charge on any atom is 0.508 e. The van der Waals surface area contributed by atoms with E-state index in [0.717, 1.165) is 0 Å². The summed E-state index contributed by atoms with van der Waals surface area (Å²) in [6.07, 6.45) is -1.39. The Labute approximate surface area is 108 Å². The first-order valence-corrected chi connectivity index (χ1v) is 5.43. The highest BCUT2D eigenvalue weighted by Gasteiger charge is 2.24. The molecule has 0 fully saturated rings. The van der Waals surface area contributed by atoms with Crippen molar-refractivity contribution in [1.29, 1.82) is 0 Å². The first-order chi connectivity index (χ1) is 8.84. The smallest absolute Gasteiger partial charge is 0.480 e. The summed E-state index contributed by atoms with van der Waals surface area (Å²) < 4.78 is 9.23. The molecule has 0 aliphatic rings. The number of nitrogens with zero attached hydrogens (tertiary/aromatic N) is 1. The summed E-state index contributed by atoms with van der Waals surface area (Å²) in [7, 11) is 0. The molecule has 0 spiro atoms. The first kappa shape index (κ1) is 16.9. The van der Waals surface area contributed by atoms with E-state index in [1.165, 1.54) is 6.92 Å². The molecular weight excluding hydrogens is 264 g/mol. The second-order valence-electron chi connectivity index (χ2n) is 3.55. The molecular formula is C9H16N2O8. The molecule has 0 saturated heterocycles. The van der Waals surface area contributed by atoms with Crippen LogP contribution in [0.15, 0.2) is 0 Å². The van der Waals surface area contributed by atoms with Crippen LogP contribution in [0, 0.1) is 10.1 Å². The van der Waals surface area contributed by atoms with Gasteiger partial charge in [-0.3, -0.25) is 4.79 Å². The third-order valence-corrected chi connectivity index (χ3v) is 2.03. The number of ether oxygens (including phenoxy) is 2. The van der Waals surface area contributed by atoms with Crippen molar-refractivity contribution in [3.63, 3.8) is 0 Å². The molecule has 110 valence electrons. The van der Waals surface area contributed by atoms with Crippen molar-refractivity contribution in [2.45, 2.75) is 31.9 Å². The summed E-state index contributed by atoms with van der Waals surface area (Å²) in [4.78, 5) is 35.4. The number of aliphatic carboxylic acids is 1. The number of unbranched alkanes of at least 4 members (excludes halogenated alkanes) is 1. The zero-order valence-corrected chi connectivity index (χ0v) is 10.3. The highest BCUT2D eigenvalue weighted by Crippen LogP contribution is 2.00. The number of nitrogens with two attached hydrogens (primary N) is 1. The van der Waals surface area contributed by atoms with E-state index in [1.807, 2.05) is 0 Å². The third-order valence-electron chi connectivity index (χ3n) is 2.03. The molecule has 10 nitrogen and oxygen atoms in total. The maximum atomic E-state index is 11.1. The molecule has 0 aliphatic heterocycles. The lowest BCUT2D eigenvalue weighted by Gasteiger charge is -2.16. The Kier molecular flexibility index (Phi) is 7.93. The fraction of sp³-hybridized carbons (Fsp3) is 0.778. The molecule has 10 heteroatoms. The highest BCUT2D eigenvalue weighted by molar-refractivity contribution is 5.74. The van der Waals surface area contributed by atoms with Crippen molar-refractivity contribution in [3.05, 3.63) is 10.1 Å². The average Bonchev–Trinajstić information content (AvgIpc) is 2.31. The summed E-state index contributed by atoms with van der Waals surface area (Å²) >= 11 is 0. The van der Waals surface area contributed by atoms with E-state index in [0.29, 0.717) is 12.8 Å². The number of rotatable bonds is 9. The van der Waals surface area contributed by atoms with E-state index in [2.05, 4.69) is 14.3 Å². The minimum absolute atomic E-state index is 0.0189. The average molecular weight is 280 g/mol. The van der Waals surface area contributed by atoms with Crippen molar-refractivity contribution in [2.24, 2.45) is 5.73 Å². The summed E-state index contributed by atoms with van der Waals surface area (Å²) in [6.45, 7) is 1.21.